The van der Waals surface area contributed by atoms with E-state index in [1.54, 1.807) is 30.3 Å². The number of hydrogen-bond donors (Lipinski definition) is 1. The number of nitrogens with zero attached hydrogens (tertiary/aromatic N) is 5. The second-order valence-corrected chi connectivity index (χ2v) is 10.6. The monoisotopic (exact) mass is 551 g/mol. The number of aliphatic hydroxyl groups is 1. The van der Waals surface area contributed by atoms with Gasteiger partial charge in [0.25, 0.3) is 17.7 Å². The Kier molecular flexibility index (Phi) is 13.7. The molecule has 218 valence electrons. The molecule has 1 aliphatic rings. The zero-order valence-electron chi connectivity index (χ0n) is 24.7. The number of imide groups is 1. The van der Waals surface area contributed by atoms with E-state index in [1.807, 2.05) is 4.90 Å². The van der Waals surface area contributed by atoms with E-state index in [-0.39, 0.29) is 17.1 Å². The molecule has 2 rings (SSSR count). The number of rotatable bonds is 16. The number of nitriles is 1. The number of benzene rings is 1. The van der Waals surface area contributed by atoms with E-state index in [0.29, 0.717) is 41.1 Å². The highest BCUT2D eigenvalue weighted by atomic mass is 16.3. The molecule has 0 saturated carbocycles. The Morgan fingerprint density at radius 3 is 2.17 bits per heavy atom. The van der Waals surface area contributed by atoms with Crippen molar-refractivity contribution in [2.75, 3.05) is 19.8 Å². The van der Waals surface area contributed by atoms with Crippen molar-refractivity contribution in [3.05, 3.63) is 41.0 Å². The molecular formula is C31H45N5O4. The van der Waals surface area contributed by atoms with Crippen LogP contribution in [0.1, 0.15) is 96.3 Å². The van der Waals surface area contributed by atoms with E-state index in [2.05, 4.69) is 37.9 Å². The van der Waals surface area contributed by atoms with Crippen molar-refractivity contribution in [1.82, 2.24) is 9.80 Å². The van der Waals surface area contributed by atoms with E-state index in [9.17, 15) is 24.8 Å². The molecular weight excluding hydrogens is 506 g/mol. The van der Waals surface area contributed by atoms with Crippen LogP contribution < -0.4 is 0 Å². The standard InChI is InChI=1S/C31H45N5O4/c1-6-10-13-23(8-3)19-35(20-24(9-4)14-11-7-2)29(38)25-15-12-16-26(17-25)33-34-28-22(5)27(18-32)30(39)36(21-37)31(28)40/h12,15-17,23-24,28,37H,6-11,13-14,19-21H2,1-5H3/b34-33+. The van der Waals surface area contributed by atoms with Crippen molar-refractivity contribution in [3.63, 3.8) is 0 Å². The van der Waals surface area contributed by atoms with Crippen molar-refractivity contribution in [2.45, 2.75) is 92.0 Å². The Hall–Kier alpha value is -3.38. The van der Waals surface area contributed by atoms with Gasteiger partial charge in [0.1, 0.15) is 18.4 Å². The Labute approximate surface area is 238 Å². The summed E-state index contributed by atoms with van der Waals surface area (Å²) < 4.78 is 0. The first-order chi connectivity index (χ1) is 19.3. The van der Waals surface area contributed by atoms with Crippen LogP contribution in [0.3, 0.4) is 0 Å². The third kappa shape index (κ3) is 8.56. The SMILES string of the molecule is CCCCC(CC)CN(CC(CC)CCCC)C(=O)c1cccc(/N=N/C2C(=O)N(CO)C(=O)C(C#N)=C2C)c1. The van der Waals surface area contributed by atoms with Gasteiger partial charge in [-0.3, -0.25) is 19.3 Å². The number of carbonyl (C=O) groups excluding carboxylic acids is 3. The molecule has 3 amide bonds. The molecule has 0 bridgehead atoms. The fourth-order valence-corrected chi connectivity index (χ4v) is 4.99. The van der Waals surface area contributed by atoms with E-state index < -0.39 is 24.6 Å². The maximum atomic E-state index is 13.8. The summed E-state index contributed by atoms with van der Waals surface area (Å²) in [5.41, 5.74) is 0.826. The van der Waals surface area contributed by atoms with E-state index in [4.69, 9.17) is 0 Å². The molecule has 1 N–H and O–H groups in total. The molecule has 0 spiro atoms. The highest BCUT2D eigenvalue weighted by Crippen LogP contribution is 2.26. The Morgan fingerprint density at radius 2 is 1.68 bits per heavy atom. The minimum atomic E-state index is -1.21. The molecule has 0 fully saturated rings. The first-order valence-electron chi connectivity index (χ1n) is 14.6. The molecule has 3 atom stereocenters. The minimum absolute atomic E-state index is 0.0458. The quantitative estimate of drug-likeness (QED) is 0.194. The molecule has 9 heteroatoms. The third-order valence-corrected chi connectivity index (χ3v) is 7.73. The normalized spacial score (nSPS) is 17.3. The predicted molar refractivity (Wildman–Crippen MR) is 155 cm³/mol. The van der Waals surface area contributed by atoms with Crippen molar-refractivity contribution >= 4 is 23.4 Å². The van der Waals surface area contributed by atoms with Crippen molar-refractivity contribution in [3.8, 4) is 6.07 Å². The molecule has 3 unspecified atom stereocenters. The minimum Gasteiger partial charge on any atom is -0.376 e. The lowest BCUT2D eigenvalue weighted by Gasteiger charge is -2.31. The topological polar surface area (TPSA) is 126 Å². The summed E-state index contributed by atoms with van der Waals surface area (Å²) in [5, 5.41) is 27.2. The van der Waals surface area contributed by atoms with Crippen molar-refractivity contribution in [1.29, 1.82) is 5.26 Å². The number of hydrogen-bond acceptors (Lipinski definition) is 7. The molecule has 1 aromatic carbocycles. The van der Waals surface area contributed by atoms with Gasteiger partial charge in [-0.05, 0) is 55.4 Å². The van der Waals surface area contributed by atoms with Gasteiger partial charge in [-0.25, -0.2) is 0 Å². The van der Waals surface area contributed by atoms with Crippen LogP contribution in [0.15, 0.2) is 45.6 Å². The lowest BCUT2D eigenvalue weighted by atomic mass is 9.95. The summed E-state index contributed by atoms with van der Waals surface area (Å²) in [6.45, 7) is 10.8. The van der Waals surface area contributed by atoms with Crippen LogP contribution in [-0.4, -0.2) is 58.5 Å². The highest BCUT2D eigenvalue weighted by molar-refractivity contribution is 6.12. The van der Waals surface area contributed by atoms with Crippen LogP contribution >= 0.6 is 0 Å². The highest BCUT2D eigenvalue weighted by Gasteiger charge is 2.39. The Balaban J connectivity index is 2.34. The molecule has 1 aliphatic heterocycles. The average Bonchev–Trinajstić information content (AvgIpc) is 2.96. The van der Waals surface area contributed by atoms with Crippen LogP contribution in [-0.2, 0) is 9.59 Å². The number of amides is 3. The molecule has 9 nitrogen and oxygen atoms in total. The van der Waals surface area contributed by atoms with Gasteiger partial charge in [0.2, 0.25) is 0 Å². The Morgan fingerprint density at radius 1 is 1.07 bits per heavy atom. The fraction of sp³-hybridized carbons (Fsp3) is 0.613. The maximum Gasteiger partial charge on any atom is 0.273 e. The van der Waals surface area contributed by atoms with Gasteiger partial charge in [-0.1, -0.05) is 72.3 Å². The van der Waals surface area contributed by atoms with E-state index in [0.717, 1.165) is 51.4 Å². The molecule has 0 aliphatic carbocycles. The number of carbonyl (C=O) groups is 3. The summed E-state index contributed by atoms with van der Waals surface area (Å²) in [4.78, 5) is 41.4. The second kappa shape index (κ2) is 16.7. The van der Waals surface area contributed by atoms with E-state index >= 15 is 0 Å². The van der Waals surface area contributed by atoms with Gasteiger partial charge in [-0.2, -0.15) is 15.5 Å². The molecule has 1 aromatic rings. The lowest BCUT2D eigenvalue weighted by molar-refractivity contribution is -0.148. The first kappa shape index (κ1) is 32.8. The summed E-state index contributed by atoms with van der Waals surface area (Å²) >= 11 is 0. The summed E-state index contributed by atoms with van der Waals surface area (Å²) in [6.07, 6.45) is 8.77. The van der Waals surface area contributed by atoms with Crippen molar-refractivity contribution in [2.24, 2.45) is 22.1 Å². The van der Waals surface area contributed by atoms with Gasteiger partial charge in [0, 0.05) is 18.7 Å². The van der Waals surface area contributed by atoms with Crippen LogP contribution in [0.5, 0.6) is 0 Å². The molecule has 0 saturated heterocycles. The molecule has 40 heavy (non-hydrogen) atoms. The molecule has 1 heterocycles. The van der Waals surface area contributed by atoms with Crippen LogP contribution in [0, 0.1) is 23.2 Å². The zero-order chi connectivity index (χ0) is 29.7. The molecule has 0 aromatic heterocycles. The Bertz CT molecular complexity index is 1100. The lowest BCUT2D eigenvalue weighted by Crippen LogP contribution is -2.48. The maximum absolute atomic E-state index is 13.8. The van der Waals surface area contributed by atoms with Crippen LogP contribution in [0.2, 0.25) is 0 Å². The van der Waals surface area contributed by atoms with Gasteiger partial charge >= 0.3 is 0 Å². The summed E-state index contributed by atoms with van der Waals surface area (Å²) in [5.74, 6) is -0.763. The zero-order valence-corrected chi connectivity index (χ0v) is 24.7. The van der Waals surface area contributed by atoms with Gasteiger partial charge in [0.05, 0.1) is 5.69 Å². The fourth-order valence-electron chi connectivity index (χ4n) is 4.99. The van der Waals surface area contributed by atoms with Crippen molar-refractivity contribution < 1.29 is 19.5 Å². The van der Waals surface area contributed by atoms with E-state index in [1.165, 1.54) is 6.92 Å². The summed E-state index contributed by atoms with van der Waals surface area (Å²) in [7, 11) is 0. The molecule has 0 radical (unpaired) electrons. The first-order valence-corrected chi connectivity index (χ1v) is 14.6. The smallest absolute Gasteiger partial charge is 0.273 e. The number of unbranched alkanes of at least 4 members (excludes halogenated alkanes) is 2. The van der Waals surface area contributed by atoms with Gasteiger partial charge < -0.3 is 10.0 Å². The second-order valence-electron chi connectivity index (χ2n) is 10.6. The number of aliphatic hydroxyl groups excluding tert-OH is 1. The average molecular weight is 552 g/mol. The summed E-state index contributed by atoms with van der Waals surface area (Å²) in [6, 6.07) is 7.43. The van der Waals surface area contributed by atoms with Gasteiger partial charge in [-0.15, -0.1) is 0 Å². The van der Waals surface area contributed by atoms with Crippen LogP contribution in [0.4, 0.5) is 5.69 Å². The third-order valence-electron chi connectivity index (χ3n) is 7.73. The van der Waals surface area contributed by atoms with Gasteiger partial charge in [0.15, 0.2) is 6.04 Å². The largest absolute Gasteiger partial charge is 0.376 e. The number of azo groups is 1. The van der Waals surface area contributed by atoms with Crippen LogP contribution in [0.25, 0.3) is 0 Å². The predicted octanol–water partition coefficient (Wildman–Crippen LogP) is 6.17.